The molecule has 0 bridgehead atoms. The number of amides is 2. The zero-order chi connectivity index (χ0) is 15.4. The van der Waals surface area contributed by atoms with E-state index < -0.39 is 0 Å². The lowest BCUT2D eigenvalue weighted by Crippen LogP contribution is -2.38. The van der Waals surface area contributed by atoms with Crippen molar-refractivity contribution in [2.45, 2.75) is 26.4 Å². The number of carbonyl (C=O) groups excluding carboxylic acids is 1. The molecule has 0 spiro atoms. The van der Waals surface area contributed by atoms with Gasteiger partial charge < -0.3 is 10.2 Å². The summed E-state index contributed by atoms with van der Waals surface area (Å²) in [6, 6.07) is 3.62. The number of pyridine rings is 1. The Morgan fingerprint density at radius 3 is 2.81 bits per heavy atom. The van der Waals surface area contributed by atoms with E-state index >= 15 is 0 Å². The van der Waals surface area contributed by atoms with Crippen molar-refractivity contribution in [1.29, 1.82) is 0 Å². The first kappa shape index (κ1) is 15.0. The molecule has 0 saturated carbocycles. The molecule has 6 nitrogen and oxygen atoms in total. The van der Waals surface area contributed by atoms with Gasteiger partial charge in [0.05, 0.1) is 12.2 Å². The summed E-state index contributed by atoms with van der Waals surface area (Å²) >= 11 is 0. The van der Waals surface area contributed by atoms with Crippen LogP contribution >= 0.6 is 0 Å². The Hall–Kier alpha value is -2.37. The van der Waals surface area contributed by atoms with Crippen LogP contribution in [-0.4, -0.2) is 32.7 Å². The number of aryl methyl sites for hydroxylation is 1. The molecule has 112 valence electrons. The number of hydrogen-bond donors (Lipinski definition) is 1. The smallest absolute Gasteiger partial charge is 0.317 e. The molecule has 0 aliphatic rings. The molecule has 21 heavy (non-hydrogen) atoms. The zero-order valence-corrected chi connectivity index (χ0v) is 12.9. The molecule has 2 amide bonds. The maximum absolute atomic E-state index is 12.2. The summed E-state index contributed by atoms with van der Waals surface area (Å²) in [6.07, 6.45) is 5.27. The van der Waals surface area contributed by atoms with Crippen molar-refractivity contribution in [2.75, 3.05) is 7.05 Å². The zero-order valence-electron chi connectivity index (χ0n) is 12.9. The minimum absolute atomic E-state index is 0.0810. The van der Waals surface area contributed by atoms with Gasteiger partial charge >= 0.3 is 6.03 Å². The van der Waals surface area contributed by atoms with E-state index in [1.807, 2.05) is 33.0 Å². The van der Waals surface area contributed by atoms with Gasteiger partial charge in [-0.1, -0.05) is 6.07 Å². The van der Waals surface area contributed by atoms with Crippen molar-refractivity contribution in [1.82, 2.24) is 25.0 Å². The predicted molar refractivity (Wildman–Crippen MR) is 80.6 cm³/mol. The van der Waals surface area contributed by atoms with E-state index in [2.05, 4.69) is 15.4 Å². The van der Waals surface area contributed by atoms with E-state index in [1.54, 1.807) is 35.2 Å². The summed E-state index contributed by atoms with van der Waals surface area (Å²) in [5, 5.41) is 7.18. The number of urea groups is 1. The van der Waals surface area contributed by atoms with Crippen molar-refractivity contribution in [3.05, 3.63) is 47.5 Å². The van der Waals surface area contributed by atoms with Gasteiger partial charge in [-0.15, -0.1) is 0 Å². The van der Waals surface area contributed by atoms with E-state index in [-0.39, 0.29) is 12.1 Å². The molecule has 1 unspecified atom stereocenters. The molecular weight excluding hydrogens is 266 g/mol. The SMILES string of the molecule is Cc1c(C(C)NC(=O)N(C)Cc2cccnc2)cnn1C. The number of aromatic nitrogens is 3. The molecule has 2 heterocycles. The minimum Gasteiger partial charge on any atom is -0.331 e. The van der Waals surface area contributed by atoms with Gasteiger partial charge in [-0.2, -0.15) is 5.10 Å². The molecule has 0 saturated heterocycles. The van der Waals surface area contributed by atoms with Crippen molar-refractivity contribution in [3.8, 4) is 0 Å². The maximum atomic E-state index is 12.2. The topological polar surface area (TPSA) is 63.1 Å². The highest BCUT2D eigenvalue weighted by Gasteiger charge is 2.16. The molecule has 6 heteroatoms. The summed E-state index contributed by atoms with van der Waals surface area (Å²) in [4.78, 5) is 17.9. The summed E-state index contributed by atoms with van der Waals surface area (Å²) < 4.78 is 1.80. The minimum atomic E-state index is -0.116. The number of nitrogens with zero attached hydrogens (tertiary/aromatic N) is 4. The first-order valence-electron chi connectivity index (χ1n) is 6.88. The Morgan fingerprint density at radius 1 is 1.48 bits per heavy atom. The van der Waals surface area contributed by atoms with Crippen molar-refractivity contribution in [2.24, 2.45) is 7.05 Å². The van der Waals surface area contributed by atoms with Gasteiger partial charge in [0.25, 0.3) is 0 Å². The number of nitrogens with one attached hydrogen (secondary N) is 1. The Morgan fingerprint density at radius 2 is 2.24 bits per heavy atom. The van der Waals surface area contributed by atoms with Crippen LogP contribution in [0.25, 0.3) is 0 Å². The van der Waals surface area contributed by atoms with E-state index in [4.69, 9.17) is 0 Å². The van der Waals surface area contributed by atoms with E-state index in [0.717, 1.165) is 16.8 Å². The lowest BCUT2D eigenvalue weighted by Gasteiger charge is -2.21. The van der Waals surface area contributed by atoms with Gasteiger partial charge in [0, 0.05) is 44.3 Å². The summed E-state index contributed by atoms with van der Waals surface area (Å²) in [6.45, 7) is 4.47. The fourth-order valence-corrected chi connectivity index (χ4v) is 2.15. The Labute approximate surface area is 124 Å². The lowest BCUT2D eigenvalue weighted by atomic mass is 10.1. The Bertz CT molecular complexity index is 608. The van der Waals surface area contributed by atoms with Gasteiger partial charge in [0.2, 0.25) is 0 Å². The second-order valence-electron chi connectivity index (χ2n) is 5.20. The molecule has 0 radical (unpaired) electrons. The first-order valence-corrected chi connectivity index (χ1v) is 6.88. The van der Waals surface area contributed by atoms with Crippen LogP contribution in [0, 0.1) is 6.92 Å². The first-order chi connectivity index (χ1) is 9.99. The van der Waals surface area contributed by atoms with E-state index in [1.165, 1.54) is 0 Å². The van der Waals surface area contributed by atoms with Gasteiger partial charge in [0.15, 0.2) is 0 Å². The quantitative estimate of drug-likeness (QED) is 0.936. The molecule has 1 atom stereocenters. The lowest BCUT2D eigenvalue weighted by molar-refractivity contribution is 0.203. The van der Waals surface area contributed by atoms with Crippen molar-refractivity contribution >= 4 is 6.03 Å². The van der Waals surface area contributed by atoms with Gasteiger partial charge in [-0.05, 0) is 25.5 Å². The van der Waals surface area contributed by atoms with Crippen LogP contribution in [-0.2, 0) is 13.6 Å². The Kier molecular flexibility index (Phi) is 4.57. The van der Waals surface area contributed by atoms with Gasteiger partial charge in [0.1, 0.15) is 0 Å². The van der Waals surface area contributed by atoms with Gasteiger partial charge in [-0.3, -0.25) is 9.67 Å². The van der Waals surface area contributed by atoms with E-state index in [0.29, 0.717) is 6.54 Å². The third-order valence-corrected chi connectivity index (χ3v) is 3.57. The van der Waals surface area contributed by atoms with Crippen molar-refractivity contribution in [3.63, 3.8) is 0 Å². The van der Waals surface area contributed by atoms with Crippen LogP contribution in [0.4, 0.5) is 4.79 Å². The maximum Gasteiger partial charge on any atom is 0.317 e. The highest BCUT2D eigenvalue weighted by atomic mass is 16.2. The van der Waals surface area contributed by atoms with Crippen LogP contribution in [0.1, 0.15) is 29.8 Å². The van der Waals surface area contributed by atoms with Crippen LogP contribution in [0.5, 0.6) is 0 Å². The van der Waals surface area contributed by atoms with Gasteiger partial charge in [-0.25, -0.2) is 4.79 Å². The predicted octanol–water partition coefficient (Wildman–Crippen LogP) is 2.03. The third kappa shape index (κ3) is 3.59. The van der Waals surface area contributed by atoms with Crippen LogP contribution in [0.2, 0.25) is 0 Å². The molecule has 2 aromatic heterocycles. The van der Waals surface area contributed by atoms with Crippen LogP contribution in [0.15, 0.2) is 30.7 Å². The normalized spacial score (nSPS) is 12.0. The fourth-order valence-electron chi connectivity index (χ4n) is 2.15. The molecule has 1 N–H and O–H groups in total. The molecule has 2 aromatic rings. The highest BCUT2D eigenvalue weighted by molar-refractivity contribution is 5.74. The standard InChI is InChI=1S/C15H21N5O/c1-11(14-9-17-20(4)12(14)2)18-15(21)19(3)10-13-6-5-7-16-8-13/h5-9,11H,10H2,1-4H3,(H,18,21). The fraction of sp³-hybridized carbons (Fsp3) is 0.400. The van der Waals surface area contributed by atoms with Crippen LogP contribution in [0.3, 0.4) is 0 Å². The highest BCUT2D eigenvalue weighted by Crippen LogP contribution is 2.16. The van der Waals surface area contributed by atoms with Crippen LogP contribution < -0.4 is 5.32 Å². The summed E-state index contributed by atoms with van der Waals surface area (Å²) in [7, 11) is 3.66. The largest absolute Gasteiger partial charge is 0.331 e. The average Bonchev–Trinajstić information content (AvgIpc) is 2.80. The monoisotopic (exact) mass is 287 g/mol. The molecule has 0 aromatic carbocycles. The number of carbonyl (C=O) groups is 1. The Balaban J connectivity index is 1.96. The summed E-state index contributed by atoms with van der Waals surface area (Å²) in [5.74, 6) is 0. The second-order valence-corrected chi connectivity index (χ2v) is 5.20. The van der Waals surface area contributed by atoms with E-state index in [9.17, 15) is 4.79 Å². The molecule has 0 aliphatic carbocycles. The molecule has 2 rings (SSSR count). The molecule has 0 fully saturated rings. The third-order valence-electron chi connectivity index (χ3n) is 3.57. The second kappa shape index (κ2) is 6.39. The molecular formula is C15H21N5O. The number of hydrogen-bond acceptors (Lipinski definition) is 3. The number of rotatable bonds is 4. The average molecular weight is 287 g/mol. The summed E-state index contributed by atoms with van der Waals surface area (Å²) in [5.41, 5.74) is 3.08. The molecule has 0 aliphatic heterocycles. The van der Waals surface area contributed by atoms with Crippen molar-refractivity contribution < 1.29 is 4.79 Å².